The van der Waals surface area contributed by atoms with Crippen molar-refractivity contribution in [2.45, 2.75) is 19.0 Å². The van der Waals surface area contributed by atoms with Gasteiger partial charge in [0.2, 0.25) is 5.88 Å². The Morgan fingerprint density at radius 3 is 2.74 bits per heavy atom. The maximum Gasteiger partial charge on any atom is 0.455 e. The molecular formula is C19H18F3N5O6S. The average molecular weight is 501 g/mol. The van der Waals surface area contributed by atoms with Crippen molar-refractivity contribution in [3.05, 3.63) is 41.7 Å². The highest BCUT2D eigenvalue weighted by atomic mass is 32.2. The quantitative estimate of drug-likeness (QED) is 0.630. The van der Waals surface area contributed by atoms with Gasteiger partial charge in [0.25, 0.3) is 5.91 Å². The Morgan fingerprint density at radius 2 is 2.06 bits per heavy atom. The van der Waals surface area contributed by atoms with E-state index in [0.717, 1.165) is 18.7 Å². The third-order valence-corrected chi connectivity index (χ3v) is 5.15. The number of hydrogen-bond acceptors (Lipinski definition) is 9. The molecule has 0 saturated carbocycles. The number of nitrogens with zero attached hydrogens (tertiary/aromatic N) is 4. The fourth-order valence-electron chi connectivity index (χ4n) is 3.35. The summed E-state index contributed by atoms with van der Waals surface area (Å²) in [5, 5.41) is 11.8. The summed E-state index contributed by atoms with van der Waals surface area (Å²) in [6, 6.07) is 3.02. The molecule has 2 aromatic rings. The van der Waals surface area contributed by atoms with Gasteiger partial charge < -0.3 is 20.1 Å². The average Bonchev–Trinajstić information content (AvgIpc) is 2.77. The summed E-state index contributed by atoms with van der Waals surface area (Å²) in [5.41, 5.74) is -1.46. The van der Waals surface area contributed by atoms with Crippen LogP contribution in [0.4, 0.5) is 29.5 Å². The van der Waals surface area contributed by atoms with Crippen LogP contribution < -0.4 is 15.0 Å². The van der Waals surface area contributed by atoms with Crippen LogP contribution in [0.1, 0.15) is 28.8 Å². The lowest BCUT2D eigenvalue weighted by Gasteiger charge is -2.33. The smallest absolute Gasteiger partial charge is 0.396 e. The summed E-state index contributed by atoms with van der Waals surface area (Å²) < 4.78 is 67.9. The molecule has 2 N–H and O–H groups in total. The number of nitrogens with one attached hydrogen (secondary N) is 1. The largest absolute Gasteiger partial charge is 0.455 e. The van der Waals surface area contributed by atoms with Gasteiger partial charge in [-0.25, -0.2) is 14.8 Å². The van der Waals surface area contributed by atoms with E-state index in [9.17, 15) is 36.3 Å². The first-order valence-corrected chi connectivity index (χ1v) is 10.8. The normalized spacial score (nSPS) is 16.0. The van der Waals surface area contributed by atoms with E-state index in [4.69, 9.17) is 0 Å². The number of aliphatic hydroxyl groups is 1. The molecule has 2 aromatic heterocycles. The lowest BCUT2D eigenvalue weighted by molar-refractivity contribution is -0.137. The minimum Gasteiger partial charge on any atom is -0.396 e. The van der Waals surface area contributed by atoms with Gasteiger partial charge in [0.1, 0.15) is 5.82 Å². The second-order valence-corrected chi connectivity index (χ2v) is 7.86. The minimum absolute atomic E-state index is 0.00119. The summed E-state index contributed by atoms with van der Waals surface area (Å²) in [6.45, 7) is 0.646. The summed E-state index contributed by atoms with van der Waals surface area (Å²) in [5.74, 6) is -1.41. The zero-order chi connectivity index (χ0) is 24.9. The second kappa shape index (κ2) is 10.6. The van der Waals surface area contributed by atoms with Crippen LogP contribution in [-0.2, 0) is 16.7 Å². The van der Waals surface area contributed by atoms with Gasteiger partial charge in [0.15, 0.2) is 0 Å². The minimum atomic E-state index is -4.74. The SMILES string of the molecule is O=C(N=S(=O)=O)Oc1cc(NC(=O)c2cc(C(F)(F)F)cnc2N2CCCC(CO)C2)ccn1. The molecule has 11 nitrogen and oxygen atoms in total. The monoisotopic (exact) mass is 501 g/mol. The fourth-order valence-corrected chi connectivity index (χ4v) is 3.51. The molecule has 3 heterocycles. The van der Waals surface area contributed by atoms with Gasteiger partial charge in [-0.3, -0.25) is 4.79 Å². The van der Waals surface area contributed by atoms with Crippen LogP contribution in [0.25, 0.3) is 0 Å². The van der Waals surface area contributed by atoms with E-state index in [2.05, 4.69) is 24.4 Å². The molecule has 1 unspecified atom stereocenters. The van der Waals surface area contributed by atoms with E-state index in [1.165, 1.54) is 6.07 Å². The molecule has 0 bridgehead atoms. The van der Waals surface area contributed by atoms with Gasteiger partial charge in [-0.1, -0.05) is 4.36 Å². The molecule has 0 aliphatic carbocycles. The third-order valence-electron chi connectivity index (χ3n) is 4.85. The van der Waals surface area contributed by atoms with Crippen molar-refractivity contribution in [3.63, 3.8) is 0 Å². The number of rotatable bonds is 5. The van der Waals surface area contributed by atoms with Crippen LogP contribution in [-0.4, -0.2) is 55.2 Å². The molecule has 182 valence electrons. The van der Waals surface area contributed by atoms with Gasteiger partial charge in [-0.05, 0) is 30.9 Å². The molecule has 1 fully saturated rings. The Labute approximate surface area is 192 Å². The van der Waals surface area contributed by atoms with Gasteiger partial charge in [-0.15, -0.1) is 0 Å². The second-order valence-electron chi connectivity index (χ2n) is 7.24. The molecule has 3 rings (SSSR count). The number of carbonyl (C=O) groups excluding carboxylic acids is 2. The van der Waals surface area contributed by atoms with Crippen molar-refractivity contribution >= 4 is 34.0 Å². The van der Waals surface area contributed by atoms with Crippen LogP contribution in [0.3, 0.4) is 0 Å². The maximum absolute atomic E-state index is 13.3. The number of aromatic nitrogens is 2. The first-order valence-electron chi connectivity index (χ1n) is 9.80. The Hall–Kier alpha value is -3.59. The van der Waals surface area contributed by atoms with E-state index in [0.29, 0.717) is 31.8 Å². The van der Waals surface area contributed by atoms with Gasteiger partial charge in [-0.2, -0.15) is 21.6 Å². The van der Waals surface area contributed by atoms with Crippen molar-refractivity contribution in [2.24, 2.45) is 10.3 Å². The zero-order valence-corrected chi connectivity index (χ0v) is 18.1. The molecular weight excluding hydrogens is 483 g/mol. The Bertz CT molecular complexity index is 1210. The first kappa shape index (κ1) is 25.0. The van der Waals surface area contributed by atoms with Crippen molar-refractivity contribution in [1.82, 2.24) is 9.97 Å². The molecule has 1 saturated heterocycles. The predicted molar refractivity (Wildman–Crippen MR) is 111 cm³/mol. The van der Waals surface area contributed by atoms with Gasteiger partial charge >= 0.3 is 22.8 Å². The van der Waals surface area contributed by atoms with Crippen molar-refractivity contribution < 1.29 is 41.0 Å². The topological polar surface area (TPSA) is 151 Å². The van der Waals surface area contributed by atoms with Crippen molar-refractivity contribution in [3.8, 4) is 5.88 Å². The summed E-state index contributed by atoms with van der Waals surface area (Å²) >= 11 is 0. The molecule has 0 aromatic carbocycles. The number of amides is 2. The van der Waals surface area contributed by atoms with Gasteiger partial charge in [0, 0.05) is 43.8 Å². The Morgan fingerprint density at radius 1 is 1.29 bits per heavy atom. The van der Waals surface area contributed by atoms with Crippen molar-refractivity contribution in [1.29, 1.82) is 0 Å². The molecule has 0 spiro atoms. The number of carbonyl (C=O) groups is 2. The number of piperidine rings is 1. The van der Waals surface area contributed by atoms with Crippen LogP contribution in [0.2, 0.25) is 0 Å². The molecule has 34 heavy (non-hydrogen) atoms. The highest BCUT2D eigenvalue weighted by Gasteiger charge is 2.34. The lowest BCUT2D eigenvalue weighted by atomic mass is 9.98. The molecule has 1 aliphatic rings. The molecule has 2 amide bonds. The van der Waals surface area contributed by atoms with E-state index >= 15 is 0 Å². The van der Waals surface area contributed by atoms with Gasteiger partial charge in [0.05, 0.1) is 11.1 Å². The fraction of sp³-hybridized carbons (Fsp3) is 0.368. The molecule has 1 aliphatic heterocycles. The molecule has 15 heteroatoms. The highest BCUT2D eigenvalue weighted by molar-refractivity contribution is 7.62. The van der Waals surface area contributed by atoms with E-state index < -0.39 is 40.1 Å². The highest BCUT2D eigenvalue weighted by Crippen LogP contribution is 2.33. The van der Waals surface area contributed by atoms with E-state index in [-0.39, 0.29) is 29.6 Å². The number of pyridine rings is 2. The Kier molecular flexibility index (Phi) is 7.78. The number of anilines is 2. The number of alkyl halides is 3. The number of hydrogen-bond donors (Lipinski definition) is 2. The lowest BCUT2D eigenvalue weighted by Crippen LogP contribution is -2.38. The standard InChI is InChI=1S/C19H18F3N5O6S/c20-19(21,22)12-6-14(16(24-8-12)27-5-1-2-11(9-27)10-28)17(29)25-13-3-4-23-15(7-13)33-18(30)26-34(31)32/h3-4,6-8,11,28H,1-2,5,9-10H2,(H,23,25,29). The van der Waals surface area contributed by atoms with Crippen LogP contribution in [0, 0.1) is 5.92 Å². The number of aliphatic hydroxyl groups excluding tert-OH is 1. The van der Waals surface area contributed by atoms with E-state index in [1.54, 1.807) is 4.90 Å². The van der Waals surface area contributed by atoms with E-state index in [1.807, 2.05) is 0 Å². The van der Waals surface area contributed by atoms with Crippen LogP contribution in [0.5, 0.6) is 5.88 Å². The number of halogens is 3. The van der Waals surface area contributed by atoms with Crippen LogP contribution in [0.15, 0.2) is 35.0 Å². The zero-order valence-electron chi connectivity index (χ0n) is 17.3. The summed E-state index contributed by atoms with van der Waals surface area (Å²) in [6.07, 6.45) is -3.06. The first-order chi connectivity index (χ1) is 16.1. The van der Waals surface area contributed by atoms with Crippen molar-refractivity contribution in [2.75, 3.05) is 29.9 Å². The predicted octanol–water partition coefficient (Wildman–Crippen LogP) is 2.52. The summed E-state index contributed by atoms with van der Waals surface area (Å²) in [7, 11) is -3.04. The number of ether oxygens (including phenoxy) is 1. The molecule has 0 radical (unpaired) electrons. The molecule has 1 atom stereocenters. The third kappa shape index (κ3) is 6.48. The maximum atomic E-state index is 13.3. The summed E-state index contributed by atoms with van der Waals surface area (Å²) in [4.78, 5) is 33.5. The van der Waals surface area contributed by atoms with Crippen LogP contribution >= 0.6 is 0 Å². The Balaban J connectivity index is 1.90.